The van der Waals surface area contributed by atoms with E-state index in [0.717, 1.165) is 5.69 Å². The van der Waals surface area contributed by atoms with Crippen molar-refractivity contribution >= 4 is 34.8 Å². The number of amides is 1. The van der Waals surface area contributed by atoms with Gasteiger partial charge in [0.25, 0.3) is 0 Å². The minimum Gasteiger partial charge on any atom is -0.495 e. The quantitative estimate of drug-likeness (QED) is 0.552. The third kappa shape index (κ3) is 4.40. The Bertz CT molecular complexity index is 1120. The van der Waals surface area contributed by atoms with E-state index >= 15 is 0 Å². The van der Waals surface area contributed by atoms with Crippen LogP contribution in [0.5, 0.6) is 5.75 Å². The zero-order chi connectivity index (χ0) is 22.8. The molecule has 0 bridgehead atoms. The van der Waals surface area contributed by atoms with Gasteiger partial charge in [0.2, 0.25) is 5.91 Å². The highest BCUT2D eigenvalue weighted by Gasteiger charge is 2.29. The van der Waals surface area contributed by atoms with E-state index in [4.69, 9.17) is 27.9 Å². The summed E-state index contributed by atoms with van der Waals surface area (Å²) in [6.07, 6.45) is 1.70. The van der Waals surface area contributed by atoms with Gasteiger partial charge in [-0.1, -0.05) is 29.3 Å². The summed E-state index contributed by atoms with van der Waals surface area (Å²) in [4.78, 5) is 21.7. The highest BCUT2D eigenvalue weighted by atomic mass is 35.5. The van der Waals surface area contributed by atoms with E-state index < -0.39 is 0 Å². The molecular weight excluding hydrogens is 449 g/mol. The summed E-state index contributed by atoms with van der Waals surface area (Å²) in [6, 6.07) is 11.4. The summed E-state index contributed by atoms with van der Waals surface area (Å²) in [5.74, 6) is 0.644. The minimum absolute atomic E-state index is 0.00202. The van der Waals surface area contributed by atoms with Crippen LogP contribution in [0.1, 0.15) is 12.6 Å². The fraction of sp³-hybridized carbons (Fsp3) is 0.348. The van der Waals surface area contributed by atoms with Crippen LogP contribution >= 0.6 is 23.2 Å². The van der Waals surface area contributed by atoms with Crippen molar-refractivity contribution in [2.45, 2.75) is 26.4 Å². The number of rotatable bonds is 5. The zero-order valence-electron chi connectivity index (χ0n) is 18.3. The highest BCUT2D eigenvalue weighted by Crippen LogP contribution is 2.31. The van der Waals surface area contributed by atoms with E-state index in [-0.39, 0.29) is 18.5 Å². The number of carbonyl (C=O) groups is 1. The molecule has 9 heteroatoms. The first-order valence-corrected chi connectivity index (χ1v) is 11.2. The second kappa shape index (κ2) is 9.38. The van der Waals surface area contributed by atoms with Crippen molar-refractivity contribution in [2.75, 3.05) is 31.6 Å². The van der Waals surface area contributed by atoms with Gasteiger partial charge in [0.1, 0.15) is 18.0 Å². The second-order valence-corrected chi connectivity index (χ2v) is 8.61. The number of halogens is 2. The number of hydrogen-bond donors (Lipinski definition) is 0. The average Bonchev–Trinajstić information content (AvgIpc) is 3.07. The van der Waals surface area contributed by atoms with Gasteiger partial charge in [-0.15, -0.1) is 0 Å². The molecule has 0 unspecified atom stereocenters. The van der Waals surface area contributed by atoms with E-state index in [9.17, 15) is 4.79 Å². The number of piperazine rings is 1. The average molecular weight is 474 g/mol. The van der Waals surface area contributed by atoms with Gasteiger partial charge in [-0.05, 0) is 38.1 Å². The molecule has 3 aromatic rings. The largest absolute Gasteiger partial charge is 0.495 e. The van der Waals surface area contributed by atoms with E-state index in [1.54, 1.807) is 18.0 Å². The van der Waals surface area contributed by atoms with Crippen LogP contribution in [0.15, 0.2) is 42.6 Å². The molecule has 1 saturated heterocycles. The van der Waals surface area contributed by atoms with E-state index in [1.807, 2.05) is 48.2 Å². The Balaban J connectivity index is 1.49. The summed E-state index contributed by atoms with van der Waals surface area (Å²) < 4.78 is 7.00. The van der Waals surface area contributed by atoms with Gasteiger partial charge < -0.3 is 14.5 Å². The minimum atomic E-state index is 0.00202. The summed E-state index contributed by atoms with van der Waals surface area (Å²) in [7, 11) is 1.60. The maximum absolute atomic E-state index is 13.2. The molecule has 168 valence electrons. The van der Waals surface area contributed by atoms with Crippen LogP contribution in [0.3, 0.4) is 0 Å². The number of pyridine rings is 1. The molecule has 1 fully saturated rings. The lowest BCUT2D eigenvalue weighted by atomic mass is 10.1. The van der Waals surface area contributed by atoms with E-state index in [0.29, 0.717) is 52.5 Å². The Labute approximate surface area is 197 Å². The first-order chi connectivity index (χ1) is 15.4. The number of anilines is 1. The van der Waals surface area contributed by atoms with Crippen molar-refractivity contribution in [3.63, 3.8) is 0 Å². The molecular formula is C23H25Cl2N5O2. The van der Waals surface area contributed by atoms with Crippen LogP contribution in [0.25, 0.3) is 11.4 Å². The summed E-state index contributed by atoms with van der Waals surface area (Å²) in [6.45, 7) is 6.03. The molecule has 32 heavy (non-hydrogen) atoms. The second-order valence-electron chi connectivity index (χ2n) is 7.82. The van der Waals surface area contributed by atoms with Crippen LogP contribution in [-0.2, 0) is 11.3 Å². The van der Waals surface area contributed by atoms with E-state index in [2.05, 4.69) is 21.9 Å². The smallest absolute Gasteiger partial charge is 0.244 e. The predicted molar refractivity (Wildman–Crippen MR) is 127 cm³/mol. The first-order valence-electron chi connectivity index (χ1n) is 10.4. The number of carbonyl (C=O) groups excluding carboxylic acids is 1. The Morgan fingerprint density at radius 3 is 2.72 bits per heavy atom. The molecule has 1 aliphatic heterocycles. The van der Waals surface area contributed by atoms with Gasteiger partial charge in [-0.3, -0.25) is 14.5 Å². The van der Waals surface area contributed by atoms with Gasteiger partial charge >= 0.3 is 0 Å². The summed E-state index contributed by atoms with van der Waals surface area (Å²) in [5, 5.41) is 5.59. The molecule has 1 aliphatic rings. The first kappa shape index (κ1) is 22.4. The molecule has 0 radical (unpaired) electrons. The molecule has 0 aliphatic carbocycles. The number of aromatic nitrogens is 3. The molecule has 2 aromatic heterocycles. The van der Waals surface area contributed by atoms with Crippen LogP contribution in [0.4, 0.5) is 5.69 Å². The molecule has 3 heterocycles. The van der Waals surface area contributed by atoms with Crippen molar-refractivity contribution in [2.24, 2.45) is 0 Å². The van der Waals surface area contributed by atoms with Crippen molar-refractivity contribution < 1.29 is 9.53 Å². The van der Waals surface area contributed by atoms with Crippen molar-refractivity contribution in [3.8, 4) is 17.1 Å². The third-order valence-electron chi connectivity index (χ3n) is 5.69. The Hall–Kier alpha value is -2.77. The molecule has 4 rings (SSSR count). The van der Waals surface area contributed by atoms with Crippen LogP contribution < -0.4 is 9.64 Å². The van der Waals surface area contributed by atoms with Gasteiger partial charge in [0.05, 0.1) is 28.5 Å². The number of nitrogens with zero attached hydrogens (tertiary/aromatic N) is 5. The Kier molecular flexibility index (Phi) is 6.58. The third-order valence-corrected chi connectivity index (χ3v) is 6.46. The summed E-state index contributed by atoms with van der Waals surface area (Å²) >= 11 is 12.7. The lowest BCUT2D eigenvalue weighted by Gasteiger charge is -2.41. The fourth-order valence-electron chi connectivity index (χ4n) is 4.05. The molecule has 0 N–H and O–H groups in total. The number of ether oxygens (including phenoxy) is 1. The standard InChI is InChI=1S/C23H25Cl2N5O2/c1-15-13-28(17-7-8-18(24)20(12-17)32-3)10-11-29(15)21(31)14-30-23(22(25)16(2)27-30)19-6-4-5-9-26-19/h4-9,12,15H,10-11,13-14H2,1-3H3/t15-/m0/s1. The maximum Gasteiger partial charge on any atom is 0.244 e. The highest BCUT2D eigenvalue weighted by molar-refractivity contribution is 6.33. The predicted octanol–water partition coefficient (Wildman–Crippen LogP) is 4.31. The van der Waals surface area contributed by atoms with Crippen molar-refractivity contribution in [1.82, 2.24) is 19.7 Å². The van der Waals surface area contributed by atoms with Crippen LogP contribution in [0, 0.1) is 6.92 Å². The molecule has 7 nitrogen and oxygen atoms in total. The summed E-state index contributed by atoms with van der Waals surface area (Å²) in [5.41, 5.74) is 3.06. The molecule has 1 atom stereocenters. The lowest BCUT2D eigenvalue weighted by Crippen LogP contribution is -2.54. The van der Waals surface area contributed by atoms with Gasteiger partial charge in [0, 0.05) is 43.6 Å². The lowest BCUT2D eigenvalue weighted by molar-refractivity contribution is -0.134. The SMILES string of the molecule is COc1cc(N2CCN(C(=O)Cn3nc(C)c(Cl)c3-c3ccccn3)[C@@H](C)C2)ccc1Cl. The zero-order valence-corrected chi connectivity index (χ0v) is 19.8. The van der Waals surface area contributed by atoms with Crippen LogP contribution in [-0.4, -0.2) is 58.4 Å². The van der Waals surface area contributed by atoms with Gasteiger partial charge in [-0.25, -0.2) is 0 Å². The number of methoxy groups -OCH3 is 1. The molecule has 1 aromatic carbocycles. The Morgan fingerprint density at radius 1 is 1.22 bits per heavy atom. The van der Waals surface area contributed by atoms with Crippen molar-refractivity contribution in [3.05, 3.63) is 58.3 Å². The topological polar surface area (TPSA) is 63.5 Å². The van der Waals surface area contributed by atoms with Crippen LogP contribution in [0.2, 0.25) is 10.0 Å². The van der Waals surface area contributed by atoms with Crippen molar-refractivity contribution in [1.29, 1.82) is 0 Å². The normalized spacial score (nSPS) is 16.3. The number of benzene rings is 1. The maximum atomic E-state index is 13.2. The molecule has 0 saturated carbocycles. The number of hydrogen-bond acceptors (Lipinski definition) is 5. The molecule has 0 spiro atoms. The monoisotopic (exact) mass is 473 g/mol. The fourth-order valence-corrected chi connectivity index (χ4v) is 4.48. The Morgan fingerprint density at radius 2 is 2.03 bits per heavy atom. The van der Waals surface area contributed by atoms with Gasteiger partial charge in [0.15, 0.2) is 0 Å². The van der Waals surface area contributed by atoms with E-state index in [1.165, 1.54) is 0 Å². The van der Waals surface area contributed by atoms with Gasteiger partial charge in [-0.2, -0.15) is 5.10 Å². The molecule has 1 amide bonds. The number of aryl methyl sites for hydroxylation is 1.